The number of rotatable bonds is 5. The van der Waals surface area contributed by atoms with Crippen molar-refractivity contribution in [2.45, 2.75) is 44.1 Å². The van der Waals surface area contributed by atoms with Gasteiger partial charge in [0, 0.05) is 28.8 Å². The van der Waals surface area contributed by atoms with Gasteiger partial charge in [0.1, 0.15) is 11.1 Å². The number of nitrogens with one attached hydrogen (secondary N) is 1. The first-order valence-electron chi connectivity index (χ1n) is 12.7. The molecule has 1 spiro atoms. The second-order valence-corrected chi connectivity index (χ2v) is 11.0. The first-order chi connectivity index (χ1) is 17.9. The fraction of sp³-hybridized carbons (Fsp3) is 0.407. The smallest absolute Gasteiger partial charge is 0.244 e. The lowest BCUT2D eigenvalue weighted by Crippen LogP contribution is -2.48. The third-order valence-corrected chi connectivity index (χ3v) is 8.40. The fourth-order valence-corrected chi connectivity index (χ4v) is 6.24. The summed E-state index contributed by atoms with van der Waals surface area (Å²) in [6.07, 6.45) is 3.58. The van der Waals surface area contributed by atoms with Gasteiger partial charge in [-0.2, -0.15) is 0 Å². The monoisotopic (exact) mass is 538 g/mol. The van der Waals surface area contributed by atoms with Gasteiger partial charge < -0.3 is 15.1 Å². The van der Waals surface area contributed by atoms with Gasteiger partial charge in [0.2, 0.25) is 11.8 Å². The largest absolute Gasteiger partial charge is 0.310 e. The van der Waals surface area contributed by atoms with Crippen LogP contribution >= 0.6 is 23.2 Å². The molecule has 2 atom stereocenters. The molecule has 2 amide bonds. The molecule has 1 N–H and O–H groups in total. The van der Waals surface area contributed by atoms with Gasteiger partial charge in [0.05, 0.1) is 12.5 Å². The highest BCUT2D eigenvalue weighted by atomic mass is 35.5. The number of nitrogens with zero attached hydrogens (tertiary/aromatic N) is 5. The number of carbonyl (C=O) groups excluding carboxylic acids is 2. The molecule has 3 aliphatic rings. The number of fused-ring (bicyclic) bond motifs is 4. The van der Waals surface area contributed by atoms with Gasteiger partial charge in [-0.15, -0.1) is 5.10 Å². The molecule has 37 heavy (non-hydrogen) atoms. The minimum absolute atomic E-state index is 0.0413. The average molecular weight is 539 g/mol. The third kappa shape index (κ3) is 4.02. The Hall–Kier alpha value is -2.94. The number of likely N-dealkylation sites (tertiary alicyclic amines) is 1. The van der Waals surface area contributed by atoms with Crippen LogP contribution in [0.2, 0.25) is 10.0 Å². The summed E-state index contributed by atoms with van der Waals surface area (Å²) in [5.41, 5.74) is 1.65. The van der Waals surface area contributed by atoms with Crippen molar-refractivity contribution in [3.63, 3.8) is 0 Å². The van der Waals surface area contributed by atoms with E-state index in [1.807, 2.05) is 42.2 Å². The molecular weight excluding hydrogens is 511 g/mol. The molecule has 0 bridgehead atoms. The molecule has 1 fully saturated rings. The molecule has 0 aliphatic carbocycles. The van der Waals surface area contributed by atoms with E-state index in [1.165, 1.54) is 19.3 Å². The van der Waals surface area contributed by atoms with Gasteiger partial charge in [0.25, 0.3) is 0 Å². The van der Waals surface area contributed by atoms with Crippen molar-refractivity contribution in [3.05, 3.63) is 69.3 Å². The zero-order valence-electron chi connectivity index (χ0n) is 20.6. The van der Waals surface area contributed by atoms with Crippen molar-refractivity contribution in [3.8, 4) is 0 Å². The van der Waals surface area contributed by atoms with E-state index in [4.69, 9.17) is 23.2 Å². The average Bonchev–Trinajstić information content (AvgIpc) is 3.41. The van der Waals surface area contributed by atoms with Crippen molar-refractivity contribution in [1.82, 2.24) is 19.9 Å². The maximum absolute atomic E-state index is 14.3. The van der Waals surface area contributed by atoms with Crippen LogP contribution in [0.5, 0.6) is 0 Å². The van der Waals surface area contributed by atoms with Gasteiger partial charge in [-0.25, -0.2) is 4.68 Å². The molecule has 0 radical (unpaired) electrons. The molecule has 6 rings (SSSR count). The van der Waals surface area contributed by atoms with E-state index >= 15 is 0 Å². The minimum Gasteiger partial charge on any atom is -0.310 e. The standard InChI is InChI=1S/C27H28Cl2N6O2/c1-17(18-5-7-19(28)8-6-18)35-25-24(31-32-35)27(16-23(36)30-25)21-15-20(29)9-10-22(21)34(26(27)37)14-13-33-11-3-2-4-12-33/h5-10,15,17H,2-4,11-14,16H2,1H3,(H,30,36)/t17-,27+/m0/s1. The van der Waals surface area contributed by atoms with Crippen LogP contribution in [0.4, 0.5) is 11.5 Å². The van der Waals surface area contributed by atoms with Gasteiger partial charge >= 0.3 is 0 Å². The SMILES string of the molecule is C[C@@H](c1ccc(Cl)cc1)n1nnc2c1NC(=O)C[C@]21C(=O)N(CCN2CCCCC2)c2ccc(Cl)cc21. The summed E-state index contributed by atoms with van der Waals surface area (Å²) in [5, 5.41) is 13.1. The number of benzene rings is 2. The van der Waals surface area contributed by atoms with Crippen molar-refractivity contribution >= 4 is 46.5 Å². The number of piperidine rings is 1. The van der Waals surface area contributed by atoms with E-state index in [-0.39, 0.29) is 24.3 Å². The molecule has 8 nitrogen and oxygen atoms in total. The van der Waals surface area contributed by atoms with E-state index in [0.29, 0.717) is 33.7 Å². The molecule has 1 aromatic heterocycles. The number of halogens is 2. The van der Waals surface area contributed by atoms with Crippen LogP contribution in [-0.4, -0.2) is 57.9 Å². The Labute approximate surface area is 225 Å². The van der Waals surface area contributed by atoms with E-state index < -0.39 is 5.41 Å². The summed E-state index contributed by atoms with van der Waals surface area (Å²) < 4.78 is 1.67. The number of hydrogen-bond donors (Lipinski definition) is 1. The van der Waals surface area contributed by atoms with Gasteiger partial charge in [-0.3, -0.25) is 9.59 Å². The molecule has 3 aromatic rings. The normalized spacial score (nSPS) is 22.2. The van der Waals surface area contributed by atoms with Crippen molar-refractivity contribution in [1.29, 1.82) is 0 Å². The Morgan fingerprint density at radius 1 is 1.00 bits per heavy atom. The number of anilines is 2. The summed E-state index contributed by atoms with van der Waals surface area (Å²) >= 11 is 12.5. The molecule has 2 aromatic carbocycles. The predicted octanol–water partition coefficient (Wildman–Crippen LogP) is 4.66. The van der Waals surface area contributed by atoms with Crippen LogP contribution in [0.1, 0.15) is 55.5 Å². The van der Waals surface area contributed by atoms with E-state index in [9.17, 15) is 9.59 Å². The van der Waals surface area contributed by atoms with Crippen molar-refractivity contribution in [2.24, 2.45) is 0 Å². The molecule has 0 unspecified atom stereocenters. The molecule has 1 saturated heterocycles. The number of hydrogen-bond acceptors (Lipinski definition) is 5. The minimum atomic E-state index is -1.27. The van der Waals surface area contributed by atoms with Gasteiger partial charge in [-0.1, -0.05) is 47.0 Å². The highest BCUT2D eigenvalue weighted by Crippen LogP contribution is 2.52. The Balaban J connectivity index is 1.42. The Morgan fingerprint density at radius 3 is 2.49 bits per heavy atom. The lowest BCUT2D eigenvalue weighted by molar-refractivity contribution is -0.126. The fourth-order valence-electron chi connectivity index (χ4n) is 5.94. The Kier molecular flexibility index (Phi) is 6.21. The summed E-state index contributed by atoms with van der Waals surface area (Å²) in [6.45, 7) is 5.39. The van der Waals surface area contributed by atoms with Crippen LogP contribution in [0.25, 0.3) is 0 Å². The quantitative estimate of drug-likeness (QED) is 0.510. The zero-order chi connectivity index (χ0) is 25.7. The van der Waals surface area contributed by atoms with E-state index in [0.717, 1.165) is 30.9 Å². The van der Waals surface area contributed by atoms with Crippen molar-refractivity contribution < 1.29 is 9.59 Å². The van der Waals surface area contributed by atoms with Gasteiger partial charge in [0.15, 0.2) is 5.82 Å². The topological polar surface area (TPSA) is 83.4 Å². The van der Waals surface area contributed by atoms with Crippen LogP contribution < -0.4 is 10.2 Å². The number of amides is 2. The number of aromatic nitrogens is 3. The maximum Gasteiger partial charge on any atom is 0.244 e. The van der Waals surface area contributed by atoms with Crippen LogP contribution in [0.3, 0.4) is 0 Å². The second kappa shape index (κ2) is 9.42. The van der Waals surface area contributed by atoms with Crippen molar-refractivity contribution in [2.75, 3.05) is 36.4 Å². The first-order valence-corrected chi connectivity index (χ1v) is 13.5. The zero-order valence-corrected chi connectivity index (χ0v) is 22.1. The molecular formula is C27H28Cl2N6O2. The molecule has 3 aliphatic heterocycles. The summed E-state index contributed by atoms with van der Waals surface area (Å²) in [7, 11) is 0. The molecule has 192 valence electrons. The predicted molar refractivity (Wildman–Crippen MR) is 143 cm³/mol. The highest BCUT2D eigenvalue weighted by Gasteiger charge is 2.58. The van der Waals surface area contributed by atoms with Crippen LogP contribution in [0, 0.1) is 0 Å². The summed E-state index contributed by atoms with van der Waals surface area (Å²) in [6, 6.07) is 12.7. The molecule has 0 saturated carbocycles. The molecule has 4 heterocycles. The third-order valence-electron chi connectivity index (χ3n) is 7.91. The van der Waals surface area contributed by atoms with E-state index in [1.54, 1.807) is 16.8 Å². The maximum atomic E-state index is 14.3. The van der Waals surface area contributed by atoms with Crippen LogP contribution in [0.15, 0.2) is 42.5 Å². The number of carbonyl (C=O) groups is 2. The van der Waals surface area contributed by atoms with Gasteiger partial charge in [-0.05, 0) is 74.3 Å². The Bertz CT molecular complexity index is 1370. The summed E-state index contributed by atoms with van der Waals surface area (Å²) in [4.78, 5) is 31.7. The first kappa shape index (κ1) is 24.4. The summed E-state index contributed by atoms with van der Waals surface area (Å²) in [5.74, 6) is 0.0384. The lowest BCUT2D eigenvalue weighted by atomic mass is 9.73. The van der Waals surface area contributed by atoms with E-state index in [2.05, 4.69) is 20.5 Å². The Morgan fingerprint density at radius 2 is 1.73 bits per heavy atom. The lowest BCUT2D eigenvalue weighted by Gasteiger charge is -2.32. The second-order valence-electron chi connectivity index (χ2n) is 10.1. The molecule has 10 heteroatoms. The highest BCUT2D eigenvalue weighted by molar-refractivity contribution is 6.31. The van der Waals surface area contributed by atoms with Crippen LogP contribution in [-0.2, 0) is 15.0 Å².